The van der Waals surface area contributed by atoms with Crippen LogP contribution >= 0.6 is 23.1 Å². The van der Waals surface area contributed by atoms with Gasteiger partial charge in [0.25, 0.3) is 5.56 Å². The van der Waals surface area contributed by atoms with Crippen molar-refractivity contribution >= 4 is 34.0 Å². The second-order valence-electron chi connectivity index (χ2n) is 6.61. The average molecular weight is 396 g/mol. The minimum Gasteiger partial charge on any atom is -0.309 e. The van der Waals surface area contributed by atoms with Crippen LogP contribution in [0.4, 0.5) is 0 Å². The first-order chi connectivity index (χ1) is 13.2. The topological polar surface area (TPSA) is 76.5 Å². The fourth-order valence-electron chi connectivity index (χ4n) is 3.10. The van der Waals surface area contributed by atoms with Crippen LogP contribution in [0.1, 0.15) is 36.9 Å². The Morgan fingerprint density at radius 3 is 2.85 bits per heavy atom. The monoisotopic (exact) mass is 395 g/mol. The highest BCUT2D eigenvalue weighted by Crippen LogP contribution is 2.44. The van der Waals surface area contributed by atoms with Crippen molar-refractivity contribution in [2.75, 3.05) is 0 Å². The minimum atomic E-state index is -0.106. The van der Waals surface area contributed by atoms with Gasteiger partial charge in [-0.1, -0.05) is 30.0 Å². The first-order valence-corrected chi connectivity index (χ1v) is 10.6. The van der Waals surface area contributed by atoms with E-state index in [-0.39, 0.29) is 10.8 Å². The number of nitrogens with one attached hydrogen (secondary N) is 1. The van der Waals surface area contributed by atoms with Gasteiger partial charge >= 0.3 is 0 Å². The lowest BCUT2D eigenvalue weighted by Gasteiger charge is -2.12. The van der Waals surface area contributed by atoms with E-state index < -0.39 is 0 Å². The normalized spacial score (nSPS) is 15.3. The number of thioether (sulfide) groups is 1. The third-order valence-electron chi connectivity index (χ3n) is 4.62. The summed E-state index contributed by atoms with van der Waals surface area (Å²) in [6.07, 6.45) is 2.31. The Morgan fingerprint density at radius 1 is 1.22 bits per heavy atom. The highest BCUT2D eigenvalue weighted by atomic mass is 32.2. The SMILES string of the molecule is CC(Sc1nnc(-c2cccs2)n1C1CC1)c1nc2ccccc2c(=O)[nH]1. The van der Waals surface area contributed by atoms with Crippen LogP contribution in [0.5, 0.6) is 0 Å². The lowest BCUT2D eigenvalue weighted by atomic mass is 10.2. The summed E-state index contributed by atoms with van der Waals surface area (Å²) >= 11 is 3.26. The summed E-state index contributed by atoms with van der Waals surface area (Å²) in [6.45, 7) is 2.04. The zero-order chi connectivity index (χ0) is 18.4. The van der Waals surface area contributed by atoms with Crippen LogP contribution in [0, 0.1) is 0 Å². The van der Waals surface area contributed by atoms with E-state index in [0.717, 1.165) is 28.7 Å². The molecule has 1 aliphatic rings. The summed E-state index contributed by atoms with van der Waals surface area (Å²) < 4.78 is 2.24. The molecule has 1 saturated carbocycles. The van der Waals surface area contributed by atoms with E-state index >= 15 is 0 Å². The van der Waals surface area contributed by atoms with Gasteiger partial charge in [-0.3, -0.25) is 9.36 Å². The van der Waals surface area contributed by atoms with Gasteiger partial charge in [0.1, 0.15) is 5.82 Å². The van der Waals surface area contributed by atoms with Gasteiger partial charge in [-0.15, -0.1) is 21.5 Å². The predicted molar refractivity (Wildman–Crippen MR) is 108 cm³/mol. The van der Waals surface area contributed by atoms with E-state index in [9.17, 15) is 4.79 Å². The number of benzene rings is 1. The smallest absolute Gasteiger partial charge is 0.258 e. The van der Waals surface area contributed by atoms with E-state index in [2.05, 4.69) is 36.2 Å². The van der Waals surface area contributed by atoms with Crippen molar-refractivity contribution in [1.82, 2.24) is 24.7 Å². The zero-order valence-corrected chi connectivity index (χ0v) is 16.3. The molecule has 4 aromatic rings. The van der Waals surface area contributed by atoms with Crippen molar-refractivity contribution in [3.63, 3.8) is 0 Å². The van der Waals surface area contributed by atoms with Crippen molar-refractivity contribution in [3.05, 3.63) is 58.0 Å². The molecule has 0 radical (unpaired) electrons. The maximum Gasteiger partial charge on any atom is 0.258 e. The molecule has 1 fully saturated rings. The first kappa shape index (κ1) is 16.7. The Bertz CT molecular complexity index is 1160. The minimum absolute atomic E-state index is 0.0415. The molecule has 0 saturated heterocycles. The molecule has 0 bridgehead atoms. The number of aromatic nitrogens is 5. The van der Waals surface area contributed by atoms with Gasteiger partial charge < -0.3 is 4.98 Å². The molecule has 0 amide bonds. The largest absolute Gasteiger partial charge is 0.309 e. The van der Waals surface area contributed by atoms with E-state index in [1.54, 1.807) is 29.2 Å². The van der Waals surface area contributed by atoms with Crippen LogP contribution in [0.15, 0.2) is 51.7 Å². The molecule has 136 valence electrons. The summed E-state index contributed by atoms with van der Waals surface area (Å²) in [5.74, 6) is 1.59. The number of thiophene rings is 1. The van der Waals surface area contributed by atoms with Crippen LogP contribution in [-0.4, -0.2) is 24.7 Å². The number of H-pyrrole nitrogens is 1. The average Bonchev–Trinajstić information content (AvgIpc) is 3.20. The van der Waals surface area contributed by atoms with Crippen LogP contribution in [0.3, 0.4) is 0 Å². The first-order valence-electron chi connectivity index (χ1n) is 8.85. The summed E-state index contributed by atoms with van der Waals surface area (Å²) in [6, 6.07) is 12.0. The molecule has 1 aliphatic carbocycles. The summed E-state index contributed by atoms with van der Waals surface area (Å²) in [5, 5.41) is 12.4. The van der Waals surface area contributed by atoms with Crippen LogP contribution < -0.4 is 5.56 Å². The van der Waals surface area contributed by atoms with Gasteiger partial charge in [-0.05, 0) is 43.3 Å². The van der Waals surface area contributed by atoms with Crippen molar-refractivity contribution in [2.45, 2.75) is 36.2 Å². The maximum absolute atomic E-state index is 12.4. The van der Waals surface area contributed by atoms with Gasteiger partial charge in [0.05, 0.1) is 21.0 Å². The van der Waals surface area contributed by atoms with Crippen molar-refractivity contribution in [2.24, 2.45) is 0 Å². The van der Waals surface area contributed by atoms with E-state index in [1.165, 1.54) is 0 Å². The number of aromatic amines is 1. The second-order valence-corrected chi connectivity index (χ2v) is 8.87. The second kappa shape index (κ2) is 6.61. The molecule has 1 aromatic carbocycles. The van der Waals surface area contributed by atoms with Crippen LogP contribution in [0.25, 0.3) is 21.6 Å². The van der Waals surface area contributed by atoms with Crippen LogP contribution in [0.2, 0.25) is 0 Å². The maximum atomic E-state index is 12.4. The molecule has 6 nitrogen and oxygen atoms in total. The highest BCUT2D eigenvalue weighted by Gasteiger charge is 2.31. The molecule has 3 aromatic heterocycles. The van der Waals surface area contributed by atoms with Gasteiger partial charge in [0.15, 0.2) is 11.0 Å². The van der Waals surface area contributed by atoms with Gasteiger partial charge in [0.2, 0.25) is 0 Å². The number of rotatable bonds is 5. The lowest BCUT2D eigenvalue weighted by molar-refractivity contribution is 0.668. The molecule has 3 heterocycles. The molecule has 27 heavy (non-hydrogen) atoms. The van der Waals surface area contributed by atoms with E-state index in [4.69, 9.17) is 0 Å². The quantitative estimate of drug-likeness (QED) is 0.506. The number of fused-ring (bicyclic) bond motifs is 1. The Morgan fingerprint density at radius 2 is 2.07 bits per heavy atom. The molecule has 8 heteroatoms. The van der Waals surface area contributed by atoms with Gasteiger partial charge in [0, 0.05) is 6.04 Å². The van der Waals surface area contributed by atoms with Gasteiger partial charge in [-0.2, -0.15) is 0 Å². The molecule has 1 unspecified atom stereocenters. The number of para-hydroxylation sites is 1. The van der Waals surface area contributed by atoms with Crippen LogP contribution in [-0.2, 0) is 0 Å². The standard InChI is InChI=1S/C19H17N5OS2/c1-11(16-20-14-6-3-2-5-13(14)18(25)21-16)27-19-23-22-17(15-7-4-10-26-15)24(19)12-8-9-12/h2-7,10-12H,8-9H2,1H3,(H,20,21,25). The summed E-state index contributed by atoms with van der Waals surface area (Å²) in [7, 11) is 0. The number of nitrogens with zero attached hydrogens (tertiary/aromatic N) is 4. The Kier molecular flexibility index (Phi) is 4.09. The third-order valence-corrected chi connectivity index (χ3v) is 6.55. The molecule has 1 N–H and O–H groups in total. The summed E-state index contributed by atoms with van der Waals surface area (Å²) in [5.41, 5.74) is 0.609. The zero-order valence-electron chi connectivity index (χ0n) is 14.6. The fourth-order valence-corrected chi connectivity index (χ4v) is 4.79. The molecule has 0 spiro atoms. The molecule has 0 aliphatic heterocycles. The fraction of sp³-hybridized carbons (Fsp3) is 0.263. The molecular weight excluding hydrogens is 378 g/mol. The Balaban J connectivity index is 1.50. The lowest BCUT2D eigenvalue weighted by Crippen LogP contribution is -2.13. The van der Waals surface area contributed by atoms with Crippen molar-refractivity contribution in [3.8, 4) is 10.7 Å². The summed E-state index contributed by atoms with van der Waals surface area (Å²) in [4.78, 5) is 21.1. The van der Waals surface area contributed by atoms with E-state index in [0.29, 0.717) is 22.8 Å². The van der Waals surface area contributed by atoms with Gasteiger partial charge in [-0.25, -0.2) is 4.98 Å². The van der Waals surface area contributed by atoms with Crippen molar-refractivity contribution in [1.29, 1.82) is 0 Å². The Labute approximate surface area is 163 Å². The molecular formula is C19H17N5OS2. The Hall–Kier alpha value is -2.45. The highest BCUT2D eigenvalue weighted by molar-refractivity contribution is 7.99. The number of hydrogen-bond acceptors (Lipinski definition) is 6. The third kappa shape index (κ3) is 3.08. The predicted octanol–water partition coefficient (Wildman–Crippen LogP) is 4.43. The van der Waals surface area contributed by atoms with E-state index in [1.807, 2.05) is 31.2 Å². The molecule has 1 atom stereocenters. The molecule has 5 rings (SSSR count). The number of hydrogen-bond donors (Lipinski definition) is 1. The van der Waals surface area contributed by atoms with Crippen molar-refractivity contribution < 1.29 is 0 Å².